The molecule has 2 bridgehead atoms. The number of hydrogen-bond donors (Lipinski definition) is 0. The summed E-state index contributed by atoms with van der Waals surface area (Å²) in [5.41, 5.74) is 0.372. The van der Waals surface area contributed by atoms with Gasteiger partial charge in [0, 0.05) is 5.56 Å². The molecule has 4 heteroatoms. The molecule has 1 aromatic rings. The van der Waals surface area contributed by atoms with Crippen LogP contribution in [0.3, 0.4) is 0 Å². The molecule has 0 N–H and O–H groups in total. The zero-order valence-electron chi connectivity index (χ0n) is 13.3. The molecule has 3 atom stereocenters. The summed E-state index contributed by atoms with van der Waals surface area (Å²) in [6.45, 7) is 10.5. The van der Waals surface area contributed by atoms with Crippen LogP contribution in [0.1, 0.15) is 39.2 Å². The quantitative estimate of drug-likeness (QED) is 0.768. The normalized spacial score (nSPS) is 33.9. The van der Waals surface area contributed by atoms with E-state index in [1.165, 1.54) is 12.1 Å². The van der Waals surface area contributed by atoms with Gasteiger partial charge in [0.1, 0.15) is 6.10 Å². The fourth-order valence-electron chi connectivity index (χ4n) is 3.84. The zero-order chi connectivity index (χ0) is 16.1. The average molecular weight is 308 g/mol. The zero-order valence-corrected chi connectivity index (χ0v) is 13.3. The lowest BCUT2D eigenvalue weighted by atomic mass is 9.72. The molecule has 120 valence electrons. The summed E-state index contributed by atoms with van der Waals surface area (Å²) in [7, 11) is 0. The van der Waals surface area contributed by atoms with Crippen molar-refractivity contribution in [1.29, 1.82) is 0 Å². The van der Waals surface area contributed by atoms with Crippen LogP contribution in [-0.2, 0) is 16.1 Å². The molecule has 3 rings (SSSR count). The fourth-order valence-corrected chi connectivity index (χ4v) is 3.84. The number of benzene rings is 1. The second-order valence-corrected chi connectivity index (χ2v) is 6.89. The largest absolute Gasteiger partial charge is 0.366 e. The molecule has 0 aliphatic carbocycles. The Morgan fingerprint density at radius 2 is 2.09 bits per heavy atom. The second-order valence-electron chi connectivity index (χ2n) is 6.89. The van der Waals surface area contributed by atoms with E-state index in [2.05, 4.69) is 20.4 Å². The lowest BCUT2D eigenvalue weighted by Gasteiger charge is -2.34. The maximum Gasteiger partial charge on any atom is 0.164 e. The van der Waals surface area contributed by atoms with Crippen LogP contribution in [0.4, 0.5) is 8.78 Å². The van der Waals surface area contributed by atoms with Gasteiger partial charge in [-0.2, -0.15) is 0 Å². The first-order chi connectivity index (χ1) is 10.3. The van der Waals surface area contributed by atoms with Crippen molar-refractivity contribution in [2.45, 2.75) is 57.5 Å². The highest BCUT2D eigenvalue weighted by Gasteiger charge is 2.63. The molecular formula is C18H22F2O2. The minimum absolute atomic E-state index is 0.0143. The van der Waals surface area contributed by atoms with Crippen molar-refractivity contribution in [3.05, 3.63) is 47.5 Å². The third kappa shape index (κ3) is 2.12. The van der Waals surface area contributed by atoms with Crippen LogP contribution < -0.4 is 0 Å². The number of halogens is 2. The van der Waals surface area contributed by atoms with E-state index in [0.29, 0.717) is 5.92 Å². The van der Waals surface area contributed by atoms with Crippen LogP contribution in [0.25, 0.3) is 0 Å². The van der Waals surface area contributed by atoms with Gasteiger partial charge in [-0.25, -0.2) is 8.78 Å². The van der Waals surface area contributed by atoms with Crippen molar-refractivity contribution in [1.82, 2.24) is 0 Å². The maximum absolute atomic E-state index is 13.8. The first kappa shape index (κ1) is 15.6. The Balaban J connectivity index is 1.79. The Bertz CT molecular complexity index is 613. The summed E-state index contributed by atoms with van der Waals surface area (Å²) in [6.07, 6.45) is 1.54. The van der Waals surface area contributed by atoms with Crippen LogP contribution in [0.15, 0.2) is 30.4 Å². The van der Waals surface area contributed by atoms with Gasteiger partial charge in [-0.15, -0.1) is 0 Å². The summed E-state index contributed by atoms with van der Waals surface area (Å²) in [4.78, 5) is 0. The minimum Gasteiger partial charge on any atom is -0.366 e. The number of hydrogen-bond acceptors (Lipinski definition) is 2. The van der Waals surface area contributed by atoms with Gasteiger partial charge in [0.2, 0.25) is 0 Å². The van der Waals surface area contributed by atoms with Crippen LogP contribution in [0.5, 0.6) is 0 Å². The van der Waals surface area contributed by atoms with Crippen molar-refractivity contribution in [3.8, 4) is 0 Å². The van der Waals surface area contributed by atoms with Gasteiger partial charge in [0.05, 0.1) is 17.8 Å². The molecule has 0 aromatic heterocycles. The van der Waals surface area contributed by atoms with Gasteiger partial charge in [-0.3, -0.25) is 0 Å². The number of rotatable bonds is 4. The number of fused-ring (bicyclic) bond motifs is 2. The molecule has 0 amide bonds. The Morgan fingerprint density at radius 1 is 1.36 bits per heavy atom. The summed E-state index contributed by atoms with van der Waals surface area (Å²) >= 11 is 0. The predicted molar refractivity (Wildman–Crippen MR) is 80.4 cm³/mol. The SMILES string of the molecule is C=C1[C@@H](OCc2cccc(F)c2F)[C@]2(C)CC[C@@]1(C(C)C)O2. The Morgan fingerprint density at radius 3 is 2.73 bits per heavy atom. The Hall–Kier alpha value is -1.26. The van der Waals surface area contributed by atoms with Gasteiger partial charge in [-0.05, 0) is 37.3 Å². The van der Waals surface area contributed by atoms with Crippen LogP contribution in [-0.4, -0.2) is 17.3 Å². The predicted octanol–water partition coefficient (Wildman–Crippen LogP) is 4.38. The van der Waals surface area contributed by atoms with E-state index in [-0.39, 0.29) is 23.9 Å². The van der Waals surface area contributed by atoms with Crippen molar-refractivity contribution >= 4 is 0 Å². The molecule has 1 aromatic carbocycles. The van der Waals surface area contributed by atoms with E-state index in [1.54, 1.807) is 0 Å². The summed E-state index contributed by atoms with van der Waals surface area (Å²) < 4.78 is 39.2. The average Bonchev–Trinajstić information content (AvgIpc) is 2.92. The van der Waals surface area contributed by atoms with E-state index in [4.69, 9.17) is 9.47 Å². The Labute approximate surface area is 130 Å². The molecule has 22 heavy (non-hydrogen) atoms. The van der Waals surface area contributed by atoms with Crippen LogP contribution in [0.2, 0.25) is 0 Å². The Kier molecular flexibility index (Phi) is 3.65. The molecule has 0 radical (unpaired) electrons. The van der Waals surface area contributed by atoms with E-state index in [9.17, 15) is 8.78 Å². The van der Waals surface area contributed by atoms with Crippen molar-refractivity contribution in [2.75, 3.05) is 0 Å². The topological polar surface area (TPSA) is 18.5 Å². The highest BCUT2D eigenvalue weighted by molar-refractivity contribution is 5.33. The van der Waals surface area contributed by atoms with Gasteiger partial charge < -0.3 is 9.47 Å². The summed E-state index contributed by atoms with van der Waals surface area (Å²) in [5.74, 6) is -1.39. The maximum atomic E-state index is 13.8. The van der Waals surface area contributed by atoms with Crippen molar-refractivity contribution in [2.24, 2.45) is 5.92 Å². The third-order valence-electron chi connectivity index (χ3n) is 5.19. The highest BCUT2D eigenvalue weighted by atomic mass is 19.2. The molecule has 2 saturated heterocycles. The van der Waals surface area contributed by atoms with Gasteiger partial charge in [0.25, 0.3) is 0 Å². The van der Waals surface area contributed by atoms with Gasteiger partial charge >= 0.3 is 0 Å². The van der Waals surface area contributed by atoms with E-state index < -0.39 is 17.2 Å². The van der Waals surface area contributed by atoms with Gasteiger partial charge in [-0.1, -0.05) is 32.6 Å². The van der Waals surface area contributed by atoms with E-state index in [1.807, 2.05) is 6.92 Å². The molecule has 2 nitrogen and oxygen atoms in total. The monoisotopic (exact) mass is 308 g/mol. The number of ether oxygens (including phenoxy) is 2. The lowest BCUT2D eigenvalue weighted by Crippen LogP contribution is -2.40. The fraction of sp³-hybridized carbons (Fsp3) is 0.556. The van der Waals surface area contributed by atoms with Crippen molar-refractivity contribution in [3.63, 3.8) is 0 Å². The summed E-state index contributed by atoms with van der Waals surface area (Å²) in [5, 5.41) is 0. The molecule has 2 aliphatic rings. The van der Waals surface area contributed by atoms with E-state index >= 15 is 0 Å². The highest BCUT2D eigenvalue weighted by Crippen LogP contribution is 2.57. The minimum atomic E-state index is -0.853. The molecule has 2 aliphatic heterocycles. The molecular weight excluding hydrogens is 286 g/mol. The molecule has 2 heterocycles. The second kappa shape index (κ2) is 5.14. The van der Waals surface area contributed by atoms with E-state index in [0.717, 1.165) is 24.5 Å². The van der Waals surface area contributed by atoms with Gasteiger partial charge in [0.15, 0.2) is 11.6 Å². The molecule has 0 unspecified atom stereocenters. The first-order valence-corrected chi connectivity index (χ1v) is 7.74. The van der Waals surface area contributed by atoms with Crippen molar-refractivity contribution < 1.29 is 18.3 Å². The smallest absolute Gasteiger partial charge is 0.164 e. The van der Waals surface area contributed by atoms with Crippen LogP contribution >= 0.6 is 0 Å². The first-order valence-electron chi connectivity index (χ1n) is 7.74. The molecule has 2 fully saturated rings. The molecule has 0 spiro atoms. The lowest BCUT2D eigenvalue weighted by molar-refractivity contribution is -0.0962. The standard InChI is InChI=1S/C18H22F2O2/c1-11(2)18-9-8-17(4,22-18)16(12(18)3)21-10-13-6-5-7-14(19)15(13)20/h5-7,11,16H,3,8-10H2,1-2,4H3/t16-,17+,18+/m1/s1. The summed E-state index contributed by atoms with van der Waals surface area (Å²) in [6, 6.07) is 4.13. The third-order valence-corrected chi connectivity index (χ3v) is 5.19. The van der Waals surface area contributed by atoms with Crippen LogP contribution in [0, 0.1) is 17.6 Å². The molecule has 0 saturated carbocycles.